The zero-order chi connectivity index (χ0) is 26.2. The van der Waals surface area contributed by atoms with E-state index in [0.29, 0.717) is 56.0 Å². The number of carbonyl (C=O) groups is 2. The Bertz CT molecular complexity index is 1140. The second kappa shape index (κ2) is 12.8. The lowest BCUT2D eigenvalue weighted by molar-refractivity contribution is -0.387. The number of amides is 2. The largest absolute Gasteiger partial charge is 0.375 e. The fraction of sp³-hybridized carbons (Fsp3) is 0.407. The van der Waals surface area contributed by atoms with Crippen LogP contribution in [0.5, 0.6) is 0 Å². The van der Waals surface area contributed by atoms with Crippen molar-refractivity contribution in [2.24, 2.45) is 0 Å². The van der Waals surface area contributed by atoms with Gasteiger partial charge in [-0.1, -0.05) is 54.7 Å². The van der Waals surface area contributed by atoms with E-state index >= 15 is 0 Å². The summed E-state index contributed by atoms with van der Waals surface area (Å²) >= 11 is 1.24. The van der Waals surface area contributed by atoms with Crippen LogP contribution in [0.4, 0.5) is 5.69 Å². The van der Waals surface area contributed by atoms with Crippen molar-refractivity contribution in [3.63, 3.8) is 0 Å². The minimum absolute atomic E-state index is 0.113. The highest BCUT2D eigenvalue weighted by Crippen LogP contribution is 2.36. The molecule has 2 fully saturated rings. The third kappa shape index (κ3) is 7.41. The fourth-order valence-corrected chi connectivity index (χ4v) is 5.43. The third-order valence-corrected chi connectivity index (χ3v) is 7.42. The Balaban J connectivity index is 1.32. The van der Waals surface area contributed by atoms with Crippen LogP contribution >= 0.6 is 11.8 Å². The van der Waals surface area contributed by atoms with E-state index in [1.54, 1.807) is 17.0 Å². The van der Waals surface area contributed by atoms with Gasteiger partial charge in [0.05, 0.1) is 29.1 Å². The normalized spacial score (nSPS) is 19.6. The van der Waals surface area contributed by atoms with Gasteiger partial charge in [0.15, 0.2) is 0 Å². The summed E-state index contributed by atoms with van der Waals surface area (Å²) in [5.41, 5.74) is 1.17. The number of carbonyl (C=O) groups excluding carboxylic acids is 2. The smallest absolute Gasteiger partial charge is 0.283 e. The number of rotatable bonds is 11. The molecule has 2 aliphatic rings. The minimum Gasteiger partial charge on any atom is -0.375 e. The summed E-state index contributed by atoms with van der Waals surface area (Å²) in [6, 6.07) is 14.6. The topological polar surface area (TPSA) is 111 Å². The van der Waals surface area contributed by atoms with Crippen LogP contribution in [0.2, 0.25) is 0 Å². The quantitative estimate of drug-likeness (QED) is 0.206. The molecule has 0 radical (unpaired) electrons. The zero-order valence-corrected chi connectivity index (χ0v) is 21.4. The van der Waals surface area contributed by atoms with E-state index in [2.05, 4.69) is 11.9 Å². The van der Waals surface area contributed by atoms with Gasteiger partial charge in [0.1, 0.15) is 5.44 Å². The molecule has 2 heterocycles. The Morgan fingerprint density at radius 3 is 2.76 bits per heavy atom. The maximum atomic E-state index is 12.6. The molecule has 0 bridgehead atoms. The van der Waals surface area contributed by atoms with Gasteiger partial charge in [0, 0.05) is 44.1 Å². The Hall–Kier alpha value is -3.21. The van der Waals surface area contributed by atoms with Crippen LogP contribution in [-0.2, 0) is 25.5 Å². The van der Waals surface area contributed by atoms with Gasteiger partial charge in [-0.05, 0) is 30.0 Å². The second-order valence-corrected chi connectivity index (χ2v) is 10.2. The predicted molar refractivity (Wildman–Crippen MR) is 141 cm³/mol. The van der Waals surface area contributed by atoms with Crippen molar-refractivity contribution in [2.45, 2.75) is 42.1 Å². The van der Waals surface area contributed by atoms with Crippen molar-refractivity contribution in [3.8, 4) is 0 Å². The highest BCUT2D eigenvalue weighted by molar-refractivity contribution is 8.00. The van der Waals surface area contributed by atoms with Gasteiger partial charge in [-0.2, -0.15) is 0 Å². The first-order chi connectivity index (χ1) is 17.9. The molecule has 2 aromatic carbocycles. The molecule has 0 spiro atoms. The predicted octanol–water partition coefficient (Wildman–Crippen LogP) is 3.81. The summed E-state index contributed by atoms with van der Waals surface area (Å²) in [5.74, 6) is -0.242. The van der Waals surface area contributed by atoms with Crippen molar-refractivity contribution in [3.05, 3.63) is 76.4 Å². The van der Waals surface area contributed by atoms with E-state index in [4.69, 9.17) is 9.47 Å². The molecule has 0 aliphatic carbocycles. The lowest BCUT2D eigenvalue weighted by atomic mass is 10.1. The summed E-state index contributed by atoms with van der Waals surface area (Å²) in [7, 11) is 0. The molecule has 37 heavy (non-hydrogen) atoms. The van der Waals surface area contributed by atoms with Crippen LogP contribution < -0.4 is 5.32 Å². The van der Waals surface area contributed by atoms with Gasteiger partial charge in [-0.3, -0.25) is 19.7 Å². The molecular weight excluding hydrogens is 494 g/mol. The standard InChI is InChI=1S/C27H31N3O6S/c1-19(27(32)28-12-6-14-29-13-5-9-25(29)31)21-10-11-24(23(16-21)30(33)34)37-26-18-35-17-22(36-26)15-20-7-3-2-4-8-20/h2-4,7-8,10-11,16,22,26H,1,5-6,9,12-15,17-18H2,(H,28,32). The summed E-state index contributed by atoms with van der Waals surface area (Å²) in [6.45, 7) is 6.39. The number of thioether (sulfide) groups is 1. The number of nitro groups is 1. The average Bonchev–Trinajstić information content (AvgIpc) is 3.31. The summed E-state index contributed by atoms with van der Waals surface area (Å²) in [6.07, 6.45) is 2.66. The first kappa shape index (κ1) is 26.8. The van der Waals surface area contributed by atoms with Crippen molar-refractivity contribution in [2.75, 3.05) is 32.8 Å². The Labute approximate surface area is 220 Å². The molecule has 0 saturated carbocycles. The van der Waals surface area contributed by atoms with E-state index in [1.165, 1.54) is 17.8 Å². The number of nitrogens with one attached hydrogen (secondary N) is 1. The summed E-state index contributed by atoms with van der Waals surface area (Å²) in [5, 5.41) is 14.6. The maximum absolute atomic E-state index is 12.6. The number of ether oxygens (including phenoxy) is 2. The first-order valence-corrected chi connectivity index (χ1v) is 13.3. The molecule has 1 N–H and O–H groups in total. The molecular formula is C27H31N3O6S. The van der Waals surface area contributed by atoms with Crippen LogP contribution in [0.25, 0.3) is 5.57 Å². The molecule has 2 unspecified atom stereocenters. The van der Waals surface area contributed by atoms with Crippen molar-refractivity contribution in [1.82, 2.24) is 10.2 Å². The molecule has 2 amide bonds. The van der Waals surface area contributed by atoms with Gasteiger partial charge in [-0.15, -0.1) is 0 Å². The van der Waals surface area contributed by atoms with Gasteiger partial charge in [-0.25, -0.2) is 0 Å². The zero-order valence-electron chi connectivity index (χ0n) is 20.6. The Morgan fingerprint density at radius 1 is 1.22 bits per heavy atom. The number of hydrogen-bond acceptors (Lipinski definition) is 7. The SMILES string of the molecule is C=C(C(=O)NCCCN1CCCC1=O)c1ccc(SC2COCC(Cc3ccccc3)O2)c([N+](=O)[O-])c1. The van der Waals surface area contributed by atoms with E-state index in [0.717, 1.165) is 18.5 Å². The Kier molecular flexibility index (Phi) is 9.32. The van der Waals surface area contributed by atoms with Crippen LogP contribution in [0, 0.1) is 10.1 Å². The van der Waals surface area contributed by atoms with E-state index in [9.17, 15) is 19.7 Å². The number of nitrogens with zero attached hydrogens (tertiary/aromatic N) is 2. The fourth-order valence-electron chi connectivity index (χ4n) is 4.37. The van der Waals surface area contributed by atoms with E-state index in [-0.39, 0.29) is 28.7 Å². The lowest BCUT2D eigenvalue weighted by Gasteiger charge is -2.29. The highest BCUT2D eigenvalue weighted by atomic mass is 32.2. The molecule has 0 aromatic heterocycles. The number of likely N-dealkylation sites (tertiary alicyclic amines) is 1. The van der Waals surface area contributed by atoms with Crippen molar-refractivity contribution < 1.29 is 24.0 Å². The van der Waals surface area contributed by atoms with Crippen LogP contribution in [-0.4, -0.2) is 66.0 Å². The minimum atomic E-state index is -0.463. The van der Waals surface area contributed by atoms with Crippen LogP contribution in [0.3, 0.4) is 0 Å². The summed E-state index contributed by atoms with van der Waals surface area (Å²) in [4.78, 5) is 37.9. The maximum Gasteiger partial charge on any atom is 0.283 e. The summed E-state index contributed by atoms with van der Waals surface area (Å²) < 4.78 is 11.9. The molecule has 2 aliphatic heterocycles. The van der Waals surface area contributed by atoms with Crippen LogP contribution in [0.15, 0.2) is 60.0 Å². The number of hydrogen-bond donors (Lipinski definition) is 1. The lowest BCUT2D eigenvalue weighted by Crippen LogP contribution is -2.35. The van der Waals surface area contributed by atoms with Crippen molar-refractivity contribution >= 4 is 34.8 Å². The Morgan fingerprint density at radius 2 is 2.03 bits per heavy atom. The van der Waals surface area contributed by atoms with Gasteiger partial charge < -0.3 is 19.7 Å². The molecule has 2 aromatic rings. The van der Waals surface area contributed by atoms with Crippen LogP contribution in [0.1, 0.15) is 30.4 Å². The van der Waals surface area contributed by atoms with E-state index in [1.807, 2.05) is 30.3 Å². The van der Waals surface area contributed by atoms with Gasteiger partial charge >= 0.3 is 0 Å². The van der Waals surface area contributed by atoms with Gasteiger partial charge in [0.25, 0.3) is 11.6 Å². The molecule has 10 heteroatoms. The molecule has 2 atom stereocenters. The van der Waals surface area contributed by atoms with Crippen molar-refractivity contribution in [1.29, 1.82) is 0 Å². The number of nitro benzene ring substituents is 1. The molecule has 196 valence electrons. The number of benzene rings is 2. The molecule has 4 rings (SSSR count). The monoisotopic (exact) mass is 525 g/mol. The second-order valence-electron chi connectivity index (χ2n) is 9.04. The third-order valence-electron chi connectivity index (χ3n) is 6.31. The highest BCUT2D eigenvalue weighted by Gasteiger charge is 2.27. The van der Waals surface area contributed by atoms with E-state index < -0.39 is 10.8 Å². The van der Waals surface area contributed by atoms with Gasteiger partial charge in [0.2, 0.25) is 5.91 Å². The average molecular weight is 526 g/mol. The first-order valence-electron chi connectivity index (χ1n) is 12.4. The molecule has 2 saturated heterocycles. The molecule has 9 nitrogen and oxygen atoms in total.